The van der Waals surface area contributed by atoms with Crippen LogP contribution in [0.4, 0.5) is 0 Å². The molecule has 0 radical (unpaired) electrons. The molecule has 0 fully saturated rings. The number of alkyl halides is 1. The minimum Gasteiger partial charge on any atom is -0.338 e. The molecule has 1 unspecified atom stereocenters. The number of aryl methyl sites for hydroxylation is 3. The maximum absolute atomic E-state index is 4.39. The Labute approximate surface area is 124 Å². The smallest absolute Gasteiger partial charge is 0.108 e. The predicted octanol–water partition coefficient (Wildman–Crippen LogP) is 3.91. The Morgan fingerprint density at radius 3 is 2.84 bits per heavy atom. The number of rotatable bonds is 6. The zero-order chi connectivity index (χ0) is 13.7. The van der Waals surface area contributed by atoms with Gasteiger partial charge >= 0.3 is 0 Å². The second-order valence-electron chi connectivity index (χ2n) is 5.21. The fourth-order valence-electron chi connectivity index (χ4n) is 2.38. The highest BCUT2D eigenvalue weighted by Gasteiger charge is 2.10. The van der Waals surface area contributed by atoms with Crippen molar-refractivity contribution in [3.05, 3.63) is 53.6 Å². The van der Waals surface area contributed by atoms with Gasteiger partial charge in [-0.25, -0.2) is 4.98 Å². The Balaban J connectivity index is 1.92. The van der Waals surface area contributed by atoms with Crippen molar-refractivity contribution in [1.29, 1.82) is 0 Å². The molecule has 0 N–H and O–H groups in total. The van der Waals surface area contributed by atoms with Gasteiger partial charge in [0.25, 0.3) is 0 Å². The molecular weight excluding hydrogens is 300 g/mol. The Morgan fingerprint density at radius 1 is 1.37 bits per heavy atom. The Kier molecular flexibility index (Phi) is 5.20. The summed E-state index contributed by atoms with van der Waals surface area (Å²) in [5.41, 5.74) is 2.78. The lowest BCUT2D eigenvalue weighted by Crippen LogP contribution is -2.09. The average Bonchev–Trinajstić information content (AvgIpc) is 2.80. The third-order valence-corrected chi connectivity index (χ3v) is 4.44. The van der Waals surface area contributed by atoms with E-state index in [0.29, 0.717) is 5.92 Å². The van der Waals surface area contributed by atoms with E-state index in [1.54, 1.807) is 0 Å². The number of nitrogens with zero attached hydrogens (tertiary/aromatic N) is 2. The zero-order valence-electron chi connectivity index (χ0n) is 11.6. The van der Waals surface area contributed by atoms with Gasteiger partial charge in [0.2, 0.25) is 0 Å². The number of hydrogen-bond donors (Lipinski definition) is 0. The summed E-state index contributed by atoms with van der Waals surface area (Å²) in [4.78, 5) is 4.39. The first-order chi connectivity index (χ1) is 9.19. The lowest BCUT2D eigenvalue weighted by atomic mass is 9.95. The third kappa shape index (κ3) is 4.20. The van der Waals surface area contributed by atoms with Crippen LogP contribution < -0.4 is 0 Å². The van der Waals surface area contributed by atoms with Crippen LogP contribution in [0.2, 0.25) is 0 Å². The summed E-state index contributed by atoms with van der Waals surface area (Å²) in [5.74, 6) is 1.84. The molecule has 1 atom stereocenters. The van der Waals surface area contributed by atoms with E-state index >= 15 is 0 Å². The Morgan fingerprint density at radius 2 is 2.21 bits per heavy atom. The molecule has 19 heavy (non-hydrogen) atoms. The van der Waals surface area contributed by atoms with E-state index in [-0.39, 0.29) is 0 Å². The summed E-state index contributed by atoms with van der Waals surface area (Å²) in [6, 6.07) is 8.81. The SMILES string of the molecule is Cc1cccc(CC(CBr)CCc2nccn2C)c1. The van der Waals surface area contributed by atoms with Crippen molar-refractivity contribution >= 4 is 15.9 Å². The van der Waals surface area contributed by atoms with E-state index in [1.807, 2.05) is 12.4 Å². The van der Waals surface area contributed by atoms with Gasteiger partial charge in [0, 0.05) is 31.2 Å². The van der Waals surface area contributed by atoms with E-state index < -0.39 is 0 Å². The van der Waals surface area contributed by atoms with Gasteiger partial charge in [0.1, 0.15) is 5.82 Å². The highest BCUT2D eigenvalue weighted by molar-refractivity contribution is 9.09. The summed E-state index contributed by atoms with van der Waals surface area (Å²) >= 11 is 3.65. The number of aromatic nitrogens is 2. The Hall–Kier alpha value is -1.09. The fourth-order valence-corrected chi connectivity index (χ4v) is 2.93. The van der Waals surface area contributed by atoms with Crippen molar-refractivity contribution in [3.8, 4) is 0 Å². The lowest BCUT2D eigenvalue weighted by molar-refractivity contribution is 0.528. The number of imidazole rings is 1. The predicted molar refractivity (Wildman–Crippen MR) is 83.7 cm³/mol. The van der Waals surface area contributed by atoms with Crippen LogP contribution in [0.1, 0.15) is 23.4 Å². The van der Waals surface area contributed by atoms with Gasteiger partial charge in [-0.15, -0.1) is 0 Å². The molecule has 0 saturated heterocycles. The molecular formula is C16H21BrN2. The molecule has 1 aromatic heterocycles. The first kappa shape index (κ1) is 14.3. The normalized spacial score (nSPS) is 12.6. The molecule has 0 bridgehead atoms. The maximum atomic E-state index is 4.39. The number of hydrogen-bond acceptors (Lipinski definition) is 1. The first-order valence-corrected chi connectivity index (χ1v) is 7.89. The molecule has 102 valence electrons. The molecule has 2 aromatic rings. The number of benzene rings is 1. The molecule has 2 nitrogen and oxygen atoms in total. The summed E-state index contributed by atoms with van der Waals surface area (Å²) in [5, 5.41) is 1.05. The van der Waals surface area contributed by atoms with E-state index in [9.17, 15) is 0 Å². The monoisotopic (exact) mass is 320 g/mol. The number of halogens is 1. The molecule has 0 spiro atoms. The molecule has 1 aromatic carbocycles. The quantitative estimate of drug-likeness (QED) is 0.738. The average molecular weight is 321 g/mol. The summed E-state index contributed by atoms with van der Waals surface area (Å²) in [7, 11) is 2.06. The second-order valence-corrected chi connectivity index (χ2v) is 5.85. The standard InChI is InChI=1S/C16H21BrN2/c1-13-4-3-5-14(10-13)11-15(12-17)6-7-16-18-8-9-19(16)2/h3-5,8-10,15H,6-7,11-12H2,1-2H3. The van der Waals surface area contributed by atoms with Gasteiger partial charge in [0.05, 0.1) is 0 Å². The van der Waals surface area contributed by atoms with Crippen LogP contribution in [-0.4, -0.2) is 14.9 Å². The molecule has 0 aliphatic heterocycles. The minimum atomic E-state index is 0.665. The summed E-state index contributed by atoms with van der Waals surface area (Å²) in [6.07, 6.45) is 7.24. The molecule has 0 aliphatic rings. The van der Waals surface area contributed by atoms with Crippen LogP contribution in [0.3, 0.4) is 0 Å². The minimum absolute atomic E-state index is 0.665. The third-order valence-electron chi connectivity index (χ3n) is 3.52. The first-order valence-electron chi connectivity index (χ1n) is 6.76. The zero-order valence-corrected chi connectivity index (χ0v) is 13.2. The summed E-state index contributed by atoms with van der Waals surface area (Å²) < 4.78 is 2.11. The van der Waals surface area contributed by atoms with Gasteiger partial charge in [-0.1, -0.05) is 45.8 Å². The van der Waals surface area contributed by atoms with Gasteiger partial charge < -0.3 is 4.57 Å². The van der Waals surface area contributed by atoms with Crippen molar-refractivity contribution in [2.75, 3.05) is 5.33 Å². The van der Waals surface area contributed by atoms with Crippen molar-refractivity contribution in [2.45, 2.75) is 26.2 Å². The van der Waals surface area contributed by atoms with Crippen LogP contribution in [0.15, 0.2) is 36.7 Å². The highest BCUT2D eigenvalue weighted by atomic mass is 79.9. The Bertz CT molecular complexity index is 519. The van der Waals surface area contributed by atoms with Crippen LogP contribution >= 0.6 is 15.9 Å². The van der Waals surface area contributed by atoms with Crippen molar-refractivity contribution < 1.29 is 0 Å². The van der Waals surface area contributed by atoms with Crippen molar-refractivity contribution in [1.82, 2.24) is 9.55 Å². The fraction of sp³-hybridized carbons (Fsp3) is 0.438. The van der Waals surface area contributed by atoms with Crippen molar-refractivity contribution in [2.24, 2.45) is 13.0 Å². The summed E-state index contributed by atoms with van der Waals surface area (Å²) in [6.45, 7) is 2.15. The van der Waals surface area contributed by atoms with E-state index in [1.165, 1.54) is 23.4 Å². The maximum Gasteiger partial charge on any atom is 0.108 e. The van der Waals surface area contributed by atoms with E-state index in [4.69, 9.17) is 0 Å². The molecule has 2 rings (SSSR count). The second kappa shape index (κ2) is 6.90. The molecule has 0 amide bonds. The van der Waals surface area contributed by atoms with Gasteiger partial charge in [-0.05, 0) is 31.2 Å². The van der Waals surface area contributed by atoms with Crippen LogP contribution in [0.25, 0.3) is 0 Å². The molecule has 0 saturated carbocycles. The van der Waals surface area contributed by atoms with Gasteiger partial charge in [0.15, 0.2) is 0 Å². The van der Waals surface area contributed by atoms with Crippen LogP contribution in [0, 0.1) is 12.8 Å². The van der Waals surface area contributed by atoms with Crippen LogP contribution in [-0.2, 0) is 19.9 Å². The van der Waals surface area contributed by atoms with Gasteiger partial charge in [-0.3, -0.25) is 0 Å². The van der Waals surface area contributed by atoms with Gasteiger partial charge in [-0.2, -0.15) is 0 Å². The van der Waals surface area contributed by atoms with E-state index in [0.717, 1.165) is 18.2 Å². The molecule has 1 heterocycles. The topological polar surface area (TPSA) is 17.8 Å². The van der Waals surface area contributed by atoms with Crippen molar-refractivity contribution in [3.63, 3.8) is 0 Å². The largest absolute Gasteiger partial charge is 0.338 e. The van der Waals surface area contributed by atoms with E-state index in [2.05, 4.69) is 63.7 Å². The van der Waals surface area contributed by atoms with Crippen LogP contribution in [0.5, 0.6) is 0 Å². The highest BCUT2D eigenvalue weighted by Crippen LogP contribution is 2.18. The molecule has 3 heteroatoms. The lowest BCUT2D eigenvalue weighted by Gasteiger charge is -2.14. The molecule has 0 aliphatic carbocycles.